The summed E-state index contributed by atoms with van der Waals surface area (Å²) in [5.41, 5.74) is 2.60. The lowest BCUT2D eigenvalue weighted by Crippen LogP contribution is -1.87. The number of halogens is 1. The summed E-state index contributed by atoms with van der Waals surface area (Å²) in [6, 6.07) is 11.3. The van der Waals surface area contributed by atoms with Crippen molar-refractivity contribution >= 4 is 22.2 Å². The van der Waals surface area contributed by atoms with Crippen LogP contribution in [0, 0.1) is 0 Å². The zero-order valence-corrected chi connectivity index (χ0v) is 9.44. The van der Waals surface area contributed by atoms with Crippen LogP contribution in [0.4, 0.5) is 0 Å². The second-order valence-corrected chi connectivity index (χ2v) is 3.88. The SMILES string of the molecule is O=Cc1ccccc1-c1ccnc(Br)c1. The lowest BCUT2D eigenvalue weighted by molar-refractivity contribution is 0.112. The highest BCUT2D eigenvalue weighted by molar-refractivity contribution is 9.10. The summed E-state index contributed by atoms with van der Waals surface area (Å²) in [6.45, 7) is 0. The van der Waals surface area contributed by atoms with E-state index in [2.05, 4.69) is 20.9 Å². The van der Waals surface area contributed by atoms with E-state index in [4.69, 9.17) is 0 Å². The van der Waals surface area contributed by atoms with Crippen LogP contribution in [0.25, 0.3) is 11.1 Å². The van der Waals surface area contributed by atoms with E-state index in [-0.39, 0.29) is 0 Å². The van der Waals surface area contributed by atoms with Crippen LogP contribution in [-0.4, -0.2) is 11.3 Å². The number of carbonyl (C=O) groups is 1. The first-order valence-electron chi connectivity index (χ1n) is 4.47. The molecule has 0 saturated carbocycles. The van der Waals surface area contributed by atoms with Crippen LogP contribution in [0.5, 0.6) is 0 Å². The van der Waals surface area contributed by atoms with Crippen LogP contribution in [0.2, 0.25) is 0 Å². The molecule has 2 aromatic rings. The highest BCUT2D eigenvalue weighted by Gasteiger charge is 2.03. The summed E-state index contributed by atoms with van der Waals surface area (Å²) in [4.78, 5) is 14.9. The molecule has 1 aromatic heterocycles. The monoisotopic (exact) mass is 261 g/mol. The molecule has 0 aliphatic rings. The number of pyridine rings is 1. The summed E-state index contributed by atoms with van der Waals surface area (Å²) in [5, 5.41) is 0. The highest BCUT2D eigenvalue weighted by Crippen LogP contribution is 2.23. The molecular weight excluding hydrogens is 254 g/mol. The van der Waals surface area contributed by atoms with Gasteiger partial charge < -0.3 is 0 Å². The molecule has 3 heteroatoms. The van der Waals surface area contributed by atoms with Crippen molar-refractivity contribution in [1.82, 2.24) is 4.98 Å². The number of benzene rings is 1. The fourth-order valence-corrected chi connectivity index (χ4v) is 1.80. The summed E-state index contributed by atoms with van der Waals surface area (Å²) in [6.07, 6.45) is 2.57. The molecule has 15 heavy (non-hydrogen) atoms. The number of nitrogens with zero attached hydrogens (tertiary/aromatic N) is 1. The van der Waals surface area contributed by atoms with Crippen molar-refractivity contribution < 1.29 is 4.79 Å². The minimum atomic E-state index is 0.690. The molecule has 0 N–H and O–H groups in total. The smallest absolute Gasteiger partial charge is 0.150 e. The van der Waals surface area contributed by atoms with Gasteiger partial charge in [-0.25, -0.2) is 4.98 Å². The summed E-state index contributed by atoms with van der Waals surface area (Å²) in [5.74, 6) is 0. The van der Waals surface area contributed by atoms with Crippen molar-refractivity contribution in [2.45, 2.75) is 0 Å². The van der Waals surface area contributed by atoms with E-state index >= 15 is 0 Å². The van der Waals surface area contributed by atoms with Gasteiger partial charge in [0, 0.05) is 11.8 Å². The lowest BCUT2D eigenvalue weighted by atomic mass is 10.0. The van der Waals surface area contributed by atoms with Crippen molar-refractivity contribution in [2.24, 2.45) is 0 Å². The van der Waals surface area contributed by atoms with Crippen molar-refractivity contribution in [3.63, 3.8) is 0 Å². The molecule has 0 atom stereocenters. The van der Waals surface area contributed by atoms with Gasteiger partial charge in [-0.15, -0.1) is 0 Å². The largest absolute Gasteiger partial charge is 0.298 e. The van der Waals surface area contributed by atoms with Gasteiger partial charge in [-0.2, -0.15) is 0 Å². The second-order valence-electron chi connectivity index (χ2n) is 3.07. The van der Waals surface area contributed by atoms with Crippen LogP contribution < -0.4 is 0 Å². The molecule has 0 radical (unpaired) electrons. The standard InChI is InChI=1S/C12H8BrNO/c13-12-7-9(5-6-14-12)11-4-2-1-3-10(11)8-15/h1-8H. The van der Waals surface area contributed by atoms with Gasteiger partial charge in [0.25, 0.3) is 0 Å². The van der Waals surface area contributed by atoms with Gasteiger partial charge in [0.05, 0.1) is 0 Å². The van der Waals surface area contributed by atoms with Crippen molar-refractivity contribution in [3.05, 3.63) is 52.8 Å². The Morgan fingerprint density at radius 1 is 1.20 bits per heavy atom. The number of carbonyl (C=O) groups excluding carboxylic acids is 1. The van der Waals surface area contributed by atoms with E-state index in [1.807, 2.05) is 30.3 Å². The van der Waals surface area contributed by atoms with E-state index in [1.54, 1.807) is 12.3 Å². The molecule has 0 bridgehead atoms. The fourth-order valence-electron chi connectivity index (χ4n) is 1.43. The van der Waals surface area contributed by atoms with E-state index in [1.165, 1.54) is 0 Å². The minimum Gasteiger partial charge on any atom is -0.298 e. The third kappa shape index (κ3) is 2.13. The maximum atomic E-state index is 10.9. The number of aromatic nitrogens is 1. The van der Waals surface area contributed by atoms with Crippen molar-refractivity contribution in [1.29, 1.82) is 0 Å². The summed E-state index contributed by atoms with van der Waals surface area (Å²) < 4.78 is 0.765. The minimum absolute atomic E-state index is 0.690. The molecule has 0 saturated heterocycles. The van der Waals surface area contributed by atoms with Crippen LogP contribution >= 0.6 is 15.9 Å². The fraction of sp³-hybridized carbons (Fsp3) is 0. The van der Waals surface area contributed by atoms with Crippen LogP contribution in [-0.2, 0) is 0 Å². The number of aldehydes is 1. The predicted molar refractivity (Wildman–Crippen MR) is 62.8 cm³/mol. The molecule has 1 heterocycles. The lowest BCUT2D eigenvalue weighted by Gasteiger charge is -2.04. The Kier molecular flexibility index (Phi) is 2.92. The van der Waals surface area contributed by atoms with Gasteiger partial charge >= 0.3 is 0 Å². The molecular formula is C12H8BrNO. The third-order valence-electron chi connectivity index (χ3n) is 2.13. The number of rotatable bonds is 2. The predicted octanol–water partition coefficient (Wildman–Crippen LogP) is 3.32. The molecule has 1 aromatic carbocycles. The van der Waals surface area contributed by atoms with Gasteiger partial charge in [-0.05, 0) is 39.2 Å². The Morgan fingerprint density at radius 3 is 2.73 bits per heavy atom. The Morgan fingerprint density at radius 2 is 2.00 bits per heavy atom. The molecule has 2 rings (SSSR count). The van der Waals surface area contributed by atoms with Crippen LogP contribution in [0.15, 0.2) is 47.2 Å². The van der Waals surface area contributed by atoms with Crippen molar-refractivity contribution in [2.75, 3.05) is 0 Å². The molecule has 0 fully saturated rings. The van der Waals surface area contributed by atoms with E-state index in [0.717, 1.165) is 22.0 Å². The van der Waals surface area contributed by atoms with Gasteiger partial charge in [-0.1, -0.05) is 24.3 Å². The maximum absolute atomic E-state index is 10.9. The van der Waals surface area contributed by atoms with Crippen LogP contribution in [0.3, 0.4) is 0 Å². The molecule has 74 valence electrons. The molecule has 0 spiro atoms. The third-order valence-corrected chi connectivity index (χ3v) is 2.56. The molecule has 0 amide bonds. The Bertz CT molecular complexity index is 496. The molecule has 0 unspecified atom stereocenters. The van der Waals surface area contributed by atoms with Crippen LogP contribution in [0.1, 0.15) is 10.4 Å². The first-order valence-corrected chi connectivity index (χ1v) is 5.26. The molecule has 2 nitrogen and oxygen atoms in total. The first kappa shape index (κ1) is 10.1. The Labute approximate surface area is 96.1 Å². The van der Waals surface area contributed by atoms with Gasteiger partial charge in [0.2, 0.25) is 0 Å². The Hall–Kier alpha value is -1.48. The maximum Gasteiger partial charge on any atom is 0.150 e. The average molecular weight is 262 g/mol. The number of hydrogen-bond donors (Lipinski definition) is 0. The normalized spacial score (nSPS) is 9.93. The van der Waals surface area contributed by atoms with E-state index < -0.39 is 0 Å². The summed E-state index contributed by atoms with van der Waals surface area (Å²) in [7, 11) is 0. The average Bonchev–Trinajstić information content (AvgIpc) is 2.29. The summed E-state index contributed by atoms with van der Waals surface area (Å²) >= 11 is 3.31. The highest BCUT2D eigenvalue weighted by atomic mass is 79.9. The molecule has 0 aliphatic heterocycles. The zero-order chi connectivity index (χ0) is 10.7. The van der Waals surface area contributed by atoms with Crippen molar-refractivity contribution in [3.8, 4) is 11.1 Å². The topological polar surface area (TPSA) is 30.0 Å². The number of hydrogen-bond acceptors (Lipinski definition) is 2. The first-order chi connectivity index (χ1) is 7.31. The Balaban J connectivity index is 2.58. The quantitative estimate of drug-likeness (QED) is 0.613. The van der Waals surface area contributed by atoms with Gasteiger partial charge in [-0.3, -0.25) is 4.79 Å². The zero-order valence-electron chi connectivity index (χ0n) is 7.85. The van der Waals surface area contributed by atoms with E-state index in [9.17, 15) is 4.79 Å². The van der Waals surface area contributed by atoms with E-state index in [0.29, 0.717) is 5.56 Å². The second kappa shape index (κ2) is 4.36. The van der Waals surface area contributed by atoms with Gasteiger partial charge in [0.1, 0.15) is 4.60 Å². The molecule has 0 aliphatic carbocycles. The van der Waals surface area contributed by atoms with Gasteiger partial charge in [0.15, 0.2) is 6.29 Å².